The number of carboxylic acids is 1. The van der Waals surface area contributed by atoms with Gasteiger partial charge in [0, 0.05) is 24.0 Å². The maximum atomic E-state index is 13.6. The first kappa shape index (κ1) is 28.7. The maximum absolute atomic E-state index is 13.6. The summed E-state index contributed by atoms with van der Waals surface area (Å²) >= 11 is 11.5. The number of carboxylic acid groups (broad SMARTS) is 1. The van der Waals surface area contributed by atoms with Gasteiger partial charge in [0.15, 0.2) is 0 Å². The number of halogens is 3. The van der Waals surface area contributed by atoms with Crippen LogP contribution in [0.4, 0.5) is 4.39 Å². The standard InChI is InChI=1S/C21H17FN2O.C9H7Cl2NO3/c1-12-6-8-16(17-5-4-10-23-20(12)17)19-13(2)15-9-7-14(22)11-18(15)24(3)21(19)25;10-5-2-1-3-6(11)8(5)9(15)12-4-7(13)14/h4-11H,1-3H3;1-3H,4H2,(H,12,15)(H,13,14). The number of fused-ring (bicyclic) bond motifs is 2. The highest BCUT2D eigenvalue weighted by atomic mass is 35.5. The quantitative estimate of drug-likeness (QED) is 0.259. The summed E-state index contributed by atoms with van der Waals surface area (Å²) in [7, 11) is 1.68. The first-order chi connectivity index (χ1) is 19.0. The van der Waals surface area contributed by atoms with Crippen molar-refractivity contribution in [2.75, 3.05) is 6.54 Å². The summed E-state index contributed by atoms with van der Waals surface area (Å²) in [6.45, 7) is 3.45. The first-order valence-corrected chi connectivity index (χ1v) is 12.8. The number of carbonyl (C=O) groups excluding carboxylic acids is 1. The third kappa shape index (κ3) is 5.68. The van der Waals surface area contributed by atoms with Crippen LogP contribution < -0.4 is 10.9 Å². The predicted octanol–water partition coefficient (Wildman–Crippen LogP) is 6.32. The Bertz CT molecular complexity index is 1830. The van der Waals surface area contributed by atoms with Crippen molar-refractivity contribution < 1.29 is 19.1 Å². The molecule has 0 saturated heterocycles. The van der Waals surface area contributed by atoms with Crippen molar-refractivity contribution in [1.82, 2.24) is 14.9 Å². The third-order valence-corrected chi connectivity index (χ3v) is 7.08. The highest BCUT2D eigenvalue weighted by Crippen LogP contribution is 2.32. The van der Waals surface area contributed by atoms with E-state index in [-0.39, 0.29) is 27.0 Å². The van der Waals surface area contributed by atoms with E-state index in [0.717, 1.165) is 33.0 Å². The van der Waals surface area contributed by atoms with E-state index < -0.39 is 18.4 Å². The zero-order valence-electron chi connectivity index (χ0n) is 21.8. The Balaban J connectivity index is 0.000000212. The largest absolute Gasteiger partial charge is 0.480 e. The number of aliphatic carboxylic acids is 1. The minimum absolute atomic E-state index is 0.0853. The summed E-state index contributed by atoms with van der Waals surface area (Å²) in [4.78, 5) is 39.2. The molecule has 0 unspecified atom stereocenters. The van der Waals surface area contributed by atoms with Gasteiger partial charge in [0.1, 0.15) is 12.4 Å². The molecule has 2 N–H and O–H groups in total. The molecule has 0 fully saturated rings. The van der Waals surface area contributed by atoms with Crippen molar-refractivity contribution in [2.24, 2.45) is 7.05 Å². The number of nitrogens with zero attached hydrogens (tertiary/aromatic N) is 2. The van der Waals surface area contributed by atoms with E-state index in [0.29, 0.717) is 11.1 Å². The fourth-order valence-corrected chi connectivity index (χ4v) is 5.05. The number of hydrogen-bond donors (Lipinski definition) is 2. The lowest BCUT2D eigenvalue weighted by atomic mass is 9.94. The normalized spacial score (nSPS) is 10.8. The Labute approximate surface area is 238 Å². The first-order valence-electron chi connectivity index (χ1n) is 12.1. The van der Waals surface area contributed by atoms with Gasteiger partial charge < -0.3 is 15.0 Å². The van der Waals surface area contributed by atoms with Crippen LogP contribution in [0.2, 0.25) is 10.0 Å². The van der Waals surface area contributed by atoms with Crippen LogP contribution in [0, 0.1) is 19.7 Å². The smallest absolute Gasteiger partial charge is 0.322 e. The molecule has 1 amide bonds. The molecule has 0 aliphatic heterocycles. The molecule has 0 aliphatic rings. The van der Waals surface area contributed by atoms with Gasteiger partial charge in [0.2, 0.25) is 0 Å². The number of rotatable bonds is 4. The van der Waals surface area contributed by atoms with Crippen LogP contribution in [0.3, 0.4) is 0 Å². The van der Waals surface area contributed by atoms with Crippen molar-refractivity contribution in [3.8, 4) is 11.1 Å². The van der Waals surface area contributed by atoms with Gasteiger partial charge in [-0.3, -0.25) is 19.4 Å². The van der Waals surface area contributed by atoms with Gasteiger partial charge in [0.05, 0.1) is 32.2 Å². The molecule has 7 nitrogen and oxygen atoms in total. The Morgan fingerprint density at radius 2 is 1.70 bits per heavy atom. The number of aryl methyl sites for hydroxylation is 3. The summed E-state index contributed by atoms with van der Waals surface area (Å²) in [5, 5.41) is 12.7. The summed E-state index contributed by atoms with van der Waals surface area (Å²) < 4.78 is 15.1. The SMILES string of the molecule is Cc1c(-c2ccc(C)c3ncccc23)c(=O)n(C)c2cc(F)ccc12.O=C(O)CNC(=O)c1c(Cl)cccc1Cl. The van der Waals surface area contributed by atoms with E-state index >= 15 is 0 Å². The Morgan fingerprint density at radius 1 is 1.00 bits per heavy atom. The summed E-state index contributed by atoms with van der Waals surface area (Å²) in [6, 6.07) is 17.0. The number of benzene rings is 3. The highest BCUT2D eigenvalue weighted by molar-refractivity contribution is 6.39. The van der Waals surface area contributed by atoms with Gasteiger partial charge in [-0.1, -0.05) is 47.5 Å². The molecule has 0 spiro atoms. The van der Waals surface area contributed by atoms with Crippen molar-refractivity contribution in [3.63, 3.8) is 0 Å². The molecule has 2 aromatic heterocycles. The molecule has 0 saturated carbocycles. The van der Waals surface area contributed by atoms with Gasteiger partial charge in [-0.25, -0.2) is 4.39 Å². The molecule has 5 aromatic rings. The Kier molecular flexibility index (Phi) is 8.52. The van der Waals surface area contributed by atoms with Crippen LogP contribution in [-0.2, 0) is 11.8 Å². The van der Waals surface area contributed by atoms with Gasteiger partial charge in [-0.05, 0) is 66.9 Å². The Hall–Kier alpha value is -4.27. The highest BCUT2D eigenvalue weighted by Gasteiger charge is 2.17. The average molecular weight is 580 g/mol. The third-order valence-electron chi connectivity index (χ3n) is 6.45. The maximum Gasteiger partial charge on any atom is 0.322 e. The van der Waals surface area contributed by atoms with Crippen LogP contribution in [0.15, 0.2) is 71.7 Å². The molecule has 3 aromatic carbocycles. The van der Waals surface area contributed by atoms with Crippen molar-refractivity contribution >= 4 is 56.9 Å². The van der Waals surface area contributed by atoms with E-state index in [2.05, 4.69) is 10.3 Å². The van der Waals surface area contributed by atoms with Gasteiger partial charge in [0.25, 0.3) is 11.5 Å². The van der Waals surface area contributed by atoms with Crippen LogP contribution >= 0.6 is 23.2 Å². The van der Waals surface area contributed by atoms with Crippen LogP contribution in [-0.4, -0.2) is 33.1 Å². The lowest BCUT2D eigenvalue weighted by molar-refractivity contribution is -0.135. The second-order valence-electron chi connectivity index (χ2n) is 9.03. The molecular formula is C30H24Cl2FN3O4. The monoisotopic (exact) mass is 579 g/mol. The molecule has 5 rings (SSSR count). The van der Waals surface area contributed by atoms with E-state index in [1.54, 1.807) is 25.4 Å². The number of hydrogen-bond acceptors (Lipinski definition) is 4. The molecule has 204 valence electrons. The van der Waals surface area contributed by atoms with Crippen LogP contribution in [0.25, 0.3) is 32.9 Å². The van der Waals surface area contributed by atoms with Crippen molar-refractivity contribution in [3.05, 3.63) is 110 Å². The van der Waals surface area contributed by atoms with E-state index in [1.165, 1.54) is 28.8 Å². The summed E-state index contributed by atoms with van der Waals surface area (Å²) in [5.41, 5.74) is 4.86. The van der Waals surface area contributed by atoms with Crippen LogP contribution in [0.5, 0.6) is 0 Å². The molecule has 0 atom stereocenters. The molecule has 0 aliphatic carbocycles. The molecule has 10 heteroatoms. The fraction of sp³-hybridized carbons (Fsp3) is 0.133. The van der Waals surface area contributed by atoms with Gasteiger partial charge in [-0.15, -0.1) is 0 Å². The average Bonchev–Trinajstić information content (AvgIpc) is 2.92. The number of amides is 1. The summed E-state index contributed by atoms with van der Waals surface area (Å²) in [6.07, 6.45) is 1.76. The topological polar surface area (TPSA) is 101 Å². The lowest BCUT2D eigenvalue weighted by Crippen LogP contribution is -2.29. The number of aromatic nitrogens is 2. The van der Waals surface area contributed by atoms with E-state index in [9.17, 15) is 18.8 Å². The zero-order valence-corrected chi connectivity index (χ0v) is 23.3. The van der Waals surface area contributed by atoms with E-state index in [1.807, 2.05) is 38.1 Å². The minimum atomic E-state index is -1.13. The van der Waals surface area contributed by atoms with Gasteiger partial charge >= 0.3 is 5.97 Å². The second kappa shape index (κ2) is 11.9. The predicted molar refractivity (Wildman–Crippen MR) is 156 cm³/mol. The Morgan fingerprint density at radius 3 is 2.38 bits per heavy atom. The fourth-order valence-electron chi connectivity index (χ4n) is 4.48. The lowest BCUT2D eigenvalue weighted by Gasteiger charge is -2.15. The molecule has 0 radical (unpaired) electrons. The zero-order chi connectivity index (χ0) is 29.1. The second-order valence-corrected chi connectivity index (χ2v) is 9.84. The molecule has 2 heterocycles. The minimum Gasteiger partial charge on any atom is -0.480 e. The van der Waals surface area contributed by atoms with Gasteiger partial charge in [-0.2, -0.15) is 0 Å². The number of carbonyl (C=O) groups is 2. The van der Waals surface area contributed by atoms with Crippen LogP contribution in [0.1, 0.15) is 21.5 Å². The molecular weight excluding hydrogens is 556 g/mol. The summed E-state index contributed by atoms with van der Waals surface area (Å²) in [5.74, 6) is -2.08. The molecule has 40 heavy (non-hydrogen) atoms. The number of nitrogens with one attached hydrogen (secondary N) is 1. The van der Waals surface area contributed by atoms with Crippen molar-refractivity contribution in [1.29, 1.82) is 0 Å². The molecule has 0 bridgehead atoms. The van der Waals surface area contributed by atoms with Crippen molar-refractivity contribution in [2.45, 2.75) is 13.8 Å². The number of pyridine rings is 2. The van der Waals surface area contributed by atoms with E-state index in [4.69, 9.17) is 28.3 Å².